The van der Waals surface area contributed by atoms with Gasteiger partial charge in [-0.05, 0) is 134 Å². The summed E-state index contributed by atoms with van der Waals surface area (Å²) in [5.74, 6) is 0. The van der Waals surface area contributed by atoms with Crippen LogP contribution in [0, 0.1) is 19.3 Å². The highest BCUT2D eigenvalue weighted by atomic mass is 15.2. The van der Waals surface area contributed by atoms with Crippen LogP contribution in [0.2, 0.25) is 0 Å². The molecule has 1 aliphatic carbocycles. The van der Waals surface area contributed by atoms with Crippen LogP contribution in [0.1, 0.15) is 25.0 Å². The molecule has 246 valence electrons. The van der Waals surface area contributed by atoms with Crippen LogP contribution in [0.15, 0.2) is 194 Å². The van der Waals surface area contributed by atoms with E-state index in [9.17, 15) is 0 Å². The third-order valence-corrected chi connectivity index (χ3v) is 9.02. The van der Waals surface area contributed by atoms with E-state index in [1.807, 2.05) is 0 Å². The average molecular weight is 650 g/mol. The summed E-state index contributed by atoms with van der Waals surface area (Å²) in [5.41, 5.74) is 12.4. The summed E-state index contributed by atoms with van der Waals surface area (Å²) in [6.07, 6.45) is 11.2. The summed E-state index contributed by atoms with van der Waals surface area (Å²) in [5, 5.41) is 0. The van der Waals surface area contributed by atoms with Crippen molar-refractivity contribution in [3.8, 4) is 0 Å². The lowest BCUT2D eigenvalue weighted by Crippen LogP contribution is -2.16. The molecule has 3 nitrogen and oxygen atoms in total. The summed E-state index contributed by atoms with van der Waals surface area (Å²) in [6, 6.07) is 56.3. The number of rotatable bonds is 9. The minimum Gasteiger partial charge on any atom is -0.311 e. The quantitative estimate of drug-likeness (QED) is 0.154. The summed E-state index contributed by atoms with van der Waals surface area (Å²) < 4.78 is 0. The Labute approximate surface area is 297 Å². The Kier molecular flexibility index (Phi) is 9.22. The molecule has 0 fully saturated rings. The van der Waals surface area contributed by atoms with Gasteiger partial charge in [0.2, 0.25) is 0 Å². The molecule has 7 rings (SSSR count). The van der Waals surface area contributed by atoms with Crippen molar-refractivity contribution in [2.24, 2.45) is 5.41 Å². The molecule has 1 aliphatic rings. The maximum atomic E-state index is 2.34. The van der Waals surface area contributed by atoms with E-state index >= 15 is 0 Å². The fourth-order valence-electron chi connectivity index (χ4n) is 6.49. The zero-order chi connectivity index (χ0) is 34.5. The molecular formula is C47H43N3. The summed E-state index contributed by atoms with van der Waals surface area (Å²) in [4.78, 5) is 6.97. The van der Waals surface area contributed by atoms with E-state index in [1.165, 1.54) is 11.1 Å². The maximum Gasteiger partial charge on any atom is 0.0464 e. The molecule has 0 spiro atoms. The topological polar surface area (TPSA) is 9.72 Å². The van der Waals surface area contributed by atoms with E-state index in [0.717, 1.165) is 51.2 Å². The lowest BCUT2D eigenvalue weighted by Gasteiger charge is -2.30. The Balaban J connectivity index is 1.30. The van der Waals surface area contributed by atoms with Gasteiger partial charge in [-0.25, -0.2) is 0 Å². The highest BCUT2D eigenvalue weighted by Crippen LogP contribution is 2.40. The summed E-state index contributed by atoms with van der Waals surface area (Å²) in [7, 11) is 0. The van der Waals surface area contributed by atoms with Gasteiger partial charge in [0, 0.05) is 56.6 Å². The van der Waals surface area contributed by atoms with E-state index in [2.05, 4.69) is 231 Å². The zero-order valence-corrected chi connectivity index (χ0v) is 29.2. The van der Waals surface area contributed by atoms with Crippen molar-refractivity contribution in [1.82, 2.24) is 0 Å². The number of anilines is 8. The summed E-state index contributed by atoms with van der Waals surface area (Å²) in [6.45, 7) is 8.75. The smallest absolute Gasteiger partial charge is 0.0464 e. The Bertz CT molecular complexity index is 2010. The Morgan fingerprint density at radius 2 is 0.760 bits per heavy atom. The van der Waals surface area contributed by atoms with Gasteiger partial charge < -0.3 is 14.7 Å². The fraction of sp³-hybridized carbons (Fsp3) is 0.106. The molecule has 0 heterocycles. The minimum atomic E-state index is -0.0361. The zero-order valence-electron chi connectivity index (χ0n) is 29.2. The van der Waals surface area contributed by atoms with E-state index in [0.29, 0.717) is 0 Å². The van der Waals surface area contributed by atoms with Gasteiger partial charge in [0.25, 0.3) is 0 Å². The first kappa shape index (κ1) is 32.5. The minimum absolute atomic E-state index is 0.0361. The predicted molar refractivity (Wildman–Crippen MR) is 214 cm³/mol. The molecule has 0 aromatic heterocycles. The maximum absolute atomic E-state index is 2.34. The number of benzene rings is 6. The number of aryl methyl sites for hydroxylation is 2. The van der Waals surface area contributed by atoms with Crippen molar-refractivity contribution < 1.29 is 0 Å². The van der Waals surface area contributed by atoms with Gasteiger partial charge in [-0.15, -0.1) is 0 Å². The molecule has 6 aromatic rings. The van der Waals surface area contributed by atoms with E-state index < -0.39 is 0 Å². The first-order valence-electron chi connectivity index (χ1n) is 17.3. The monoisotopic (exact) mass is 649 g/mol. The van der Waals surface area contributed by atoms with Crippen LogP contribution in [0.25, 0.3) is 0 Å². The third kappa shape index (κ3) is 7.18. The molecule has 0 saturated carbocycles. The molecule has 0 N–H and O–H groups in total. The second-order valence-corrected chi connectivity index (χ2v) is 13.5. The van der Waals surface area contributed by atoms with Crippen LogP contribution in [0.4, 0.5) is 45.5 Å². The van der Waals surface area contributed by atoms with Crippen LogP contribution in [-0.4, -0.2) is 0 Å². The van der Waals surface area contributed by atoms with E-state index in [-0.39, 0.29) is 5.41 Å². The normalized spacial score (nSPS) is 13.3. The molecule has 3 heteroatoms. The first-order valence-corrected chi connectivity index (χ1v) is 17.3. The van der Waals surface area contributed by atoms with Crippen LogP contribution in [-0.2, 0) is 0 Å². The van der Waals surface area contributed by atoms with Crippen LogP contribution < -0.4 is 14.7 Å². The first-order chi connectivity index (χ1) is 24.3. The predicted octanol–water partition coefficient (Wildman–Crippen LogP) is 13.4. The van der Waals surface area contributed by atoms with Crippen LogP contribution >= 0.6 is 0 Å². The van der Waals surface area contributed by atoms with Gasteiger partial charge >= 0.3 is 0 Å². The average Bonchev–Trinajstić information content (AvgIpc) is 3.31. The number of hydrogen-bond acceptors (Lipinski definition) is 3. The number of hydrogen-bond donors (Lipinski definition) is 0. The van der Waals surface area contributed by atoms with Gasteiger partial charge in [0.15, 0.2) is 0 Å². The van der Waals surface area contributed by atoms with Crippen LogP contribution in [0.3, 0.4) is 0 Å². The van der Waals surface area contributed by atoms with Gasteiger partial charge in [0.05, 0.1) is 0 Å². The second-order valence-electron chi connectivity index (χ2n) is 13.5. The van der Waals surface area contributed by atoms with Crippen molar-refractivity contribution in [3.63, 3.8) is 0 Å². The van der Waals surface area contributed by atoms with Crippen LogP contribution in [0.5, 0.6) is 0 Å². The lowest BCUT2D eigenvalue weighted by molar-refractivity contribution is 0.627. The highest BCUT2D eigenvalue weighted by molar-refractivity contribution is 5.81. The standard InChI is InChI=1S/C47H43N3/c1-36-14-11-20-45(34-36)49(38-16-7-5-8-17-38)43-27-23-41(24-28-43)48(40-22-13-32-47(3,4)33-31-40)42-25-29-44(30-26-42)50(39-18-9-6-10-19-39)46-21-12-15-37(2)35-46/h5-35H,1-4H3. The second kappa shape index (κ2) is 14.2. The third-order valence-electron chi connectivity index (χ3n) is 9.02. The fourth-order valence-corrected chi connectivity index (χ4v) is 6.49. The van der Waals surface area contributed by atoms with Crippen molar-refractivity contribution >= 4 is 45.5 Å². The van der Waals surface area contributed by atoms with Crippen molar-refractivity contribution in [1.29, 1.82) is 0 Å². The van der Waals surface area contributed by atoms with Gasteiger partial charge in [0.1, 0.15) is 0 Å². The Morgan fingerprint density at radius 3 is 1.18 bits per heavy atom. The number of allylic oxidation sites excluding steroid dienone is 5. The largest absolute Gasteiger partial charge is 0.311 e. The van der Waals surface area contributed by atoms with Gasteiger partial charge in [-0.3, -0.25) is 0 Å². The molecule has 0 amide bonds. The SMILES string of the molecule is Cc1cccc(N(c2ccccc2)c2ccc(N(C3=CC=CC(C)(C)C=C3)c3ccc(N(c4ccccc4)c4cccc(C)c4)cc3)cc2)c1. The van der Waals surface area contributed by atoms with Gasteiger partial charge in [-0.1, -0.05) is 92.7 Å². The van der Waals surface area contributed by atoms with Crippen molar-refractivity contribution in [3.05, 3.63) is 205 Å². The van der Waals surface area contributed by atoms with Crippen molar-refractivity contribution in [2.45, 2.75) is 27.7 Å². The molecule has 0 bridgehead atoms. The number of nitrogens with zero attached hydrogens (tertiary/aromatic N) is 3. The molecular weight excluding hydrogens is 607 g/mol. The summed E-state index contributed by atoms with van der Waals surface area (Å²) >= 11 is 0. The lowest BCUT2D eigenvalue weighted by atomic mass is 9.93. The molecule has 0 saturated heterocycles. The molecule has 0 radical (unpaired) electrons. The molecule has 0 unspecified atom stereocenters. The molecule has 50 heavy (non-hydrogen) atoms. The van der Waals surface area contributed by atoms with Crippen molar-refractivity contribution in [2.75, 3.05) is 14.7 Å². The van der Waals surface area contributed by atoms with E-state index in [1.54, 1.807) is 0 Å². The molecule has 0 atom stereocenters. The molecule has 0 aliphatic heterocycles. The number of para-hydroxylation sites is 2. The Hall–Kier alpha value is -6.06. The van der Waals surface area contributed by atoms with Gasteiger partial charge in [-0.2, -0.15) is 0 Å². The molecule has 6 aromatic carbocycles. The van der Waals surface area contributed by atoms with E-state index in [4.69, 9.17) is 0 Å². The highest BCUT2D eigenvalue weighted by Gasteiger charge is 2.20. The Morgan fingerprint density at radius 1 is 0.380 bits per heavy atom.